The fraction of sp³-hybridized carbons (Fsp3) is 0.0909. The second-order valence-electron chi connectivity index (χ2n) is 6.02. The van der Waals surface area contributed by atoms with Crippen molar-refractivity contribution in [2.24, 2.45) is 5.10 Å². The minimum Gasteiger partial charge on any atom is -0.492 e. The summed E-state index contributed by atoms with van der Waals surface area (Å²) >= 11 is 0. The first-order valence-electron chi connectivity index (χ1n) is 9.28. The lowest BCUT2D eigenvalue weighted by Crippen LogP contribution is -2.32. The Kier molecular flexibility index (Phi) is 7.15. The Morgan fingerprint density at radius 3 is 2.65 bits per heavy atom. The lowest BCUT2D eigenvalue weighted by Gasteiger charge is -2.10. The molecule has 0 bridgehead atoms. The zero-order chi connectivity index (χ0) is 22.1. The maximum Gasteiger partial charge on any atom is 0.379 e. The fourth-order valence-corrected chi connectivity index (χ4v) is 2.46. The first-order chi connectivity index (χ1) is 15.1. The molecule has 3 aromatic rings. The molecule has 0 atom stereocenters. The third kappa shape index (κ3) is 6.04. The van der Waals surface area contributed by atoms with Gasteiger partial charge in [-0.1, -0.05) is 24.3 Å². The highest BCUT2D eigenvalue weighted by atomic mass is 16.5. The largest absolute Gasteiger partial charge is 0.492 e. The molecule has 31 heavy (non-hydrogen) atoms. The van der Waals surface area contributed by atoms with Gasteiger partial charge >= 0.3 is 17.8 Å². The number of furan rings is 1. The van der Waals surface area contributed by atoms with Gasteiger partial charge in [-0.3, -0.25) is 9.59 Å². The second-order valence-corrected chi connectivity index (χ2v) is 6.02. The number of nitrogens with one attached hydrogen (secondary N) is 2. The number of carbonyl (C=O) groups excluding carboxylic acids is 3. The smallest absolute Gasteiger partial charge is 0.379 e. The van der Waals surface area contributed by atoms with Crippen molar-refractivity contribution in [2.75, 3.05) is 11.9 Å². The molecule has 158 valence electrons. The number of hydrogen-bond donors (Lipinski definition) is 2. The number of hydrazone groups is 1. The van der Waals surface area contributed by atoms with Crippen molar-refractivity contribution in [3.8, 4) is 11.5 Å². The van der Waals surface area contributed by atoms with Gasteiger partial charge in [0.05, 0.1) is 24.8 Å². The molecule has 1 heterocycles. The van der Waals surface area contributed by atoms with E-state index in [1.807, 2.05) is 6.92 Å². The third-order valence-corrected chi connectivity index (χ3v) is 3.81. The van der Waals surface area contributed by atoms with Gasteiger partial charge in [0.25, 0.3) is 0 Å². The van der Waals surface area contributed by atoms with Gasteiger partial charge in [-0.25, -0.2) is 10.2 Å². The number of hydrogen-bond acceptors (Lipinski definition) is 7. The van der Waals surface area contributed by atoms with Crippen molar-refractivity contribution >= 4 is 29.7 Å². The third-order valence-electron chi connectivity index (χ3n) is 3.81. The van der Waals surface area contributed by atoms with Crippen molar-refractivity contribution in [1.29, 1.82) is 0 Å². The lowest BCUT2D eigenvalue weighted by molar-refractivity contribution is -0.136. The van der Waals surface area contributed by atoms with Crippen LogP contribution in [0.2, 0.25) is 0 Å². The van der Waals surface area contributed by atoms with Gasteiger partial charge < -0.3 is 19.2 Å². The predicted molar refractivity (Wildman–Crippen MR) is 112 cm³/mol. The number of nitrogens with zero attached hydrogens (tertiary/aromatic N) is 1. The van der Waals surface area contributed by atoms with E-state index >= 15 is 0 Å². The summed E-state index contributed by atoms with van der Waals surface area (Å²) < 4.78 is 15.6. The van der Waals surface area contributed by atoms with E-state index in [2.05, 4.69) is 15.8 Å². The van der Waals surface area contributed by atoms with Crippen molar-refractivity contribution < 1.29 is 28.3 Å². The van der Waals surface area contributed by atoms with E-state index < -0.39 is 17.8 Å². The summed E-state index contributed by atoms with van der Waals surface area (Å²) in [6, 6.07) is 16.3. The molecule has 0 saturated heterocycles. The van der Waals surface area contributed by atoms with Crippen molar-refractivity contribution in [3.63, 3.8) is 0 Å². The molecule has 0 spiro atoms. The van der Waals surface area contributed by atoms with Crippen LogP contribution in [-0.2, 0) is 9.59 Å². The molecule has 9 heteroatoms. The Bertz CT molecular complexity index is 1090. The molecule has 0 radical (unpaired) electrons. The van der Waals surface area contributed by atoms with Crippen LogP contribution < -0.4 is 20.2 Å². The molecule has 1 aromatic heterocycles. The van der Waals surface area contributed by atoms with Crippen LogP contribution >= 0.6 is 0 Å². The van der Waals surface area contributed by atoms with Crippen LogP contribution in [0.1, 0.15) is 23.0 Å². The zero-order valence-electron chi connectivity index (χ0n) is 16.5. The molecule has 0 unspecified atom stereocenters. The van der Waals surface area contributed by atoms with E-state index in [0.29, 0.717) is 23.6 Å². The van der Waals surface area contributed by atoms with E-state index in [-0.39, 0.29) is 11.5 Å². The van der Waals surface area contributed by atoms with Crippen LogP contribution in [-0.4, -0.2) is 30.6 Å². The Morgan fingerprint density at radius 1 is 1.03 bits per heavy atom. The summed E-state index contributed by atoms with van der Waals surface area (Å²) in [5, 5.41) is 6.23. The molecule has 9 nitrogen and oxygen atoms in total. The van der Waals surface area contributed by atoms with Crippen molar-refractivity contribution in [2.45, 2.75) is 6.92 Å². The SMILES string of the molecule is CCOc1ccccc1NC(=O)C(=O)N/N=C/c1cccc(OC(=O)c2ccco2)c1. The maximum absolute atomic E-state index is 12.1. The van der Waals surface area contributed by atoms with Crippen LogP contribution in [0.25, 0.3) is 0 Å². The van der Waals surface area contributed by atoms with Crippen LogP contribution in [0.15, 0.2) is 76.4 Å². The molecule has 2 aromatic carbocycles. The predicted octanol–water partition coefficient (Wildman–Crippen LogP) is 2.99. The fourth-order valence-electron chi connectivity index (χ4n) is 2.46. The van der Waals surface area contributed by atoms with Gasteiger partial charge in [-0.05, 0) is 48.9 Å². The highest BCUT2D eigenvalue weighted by molar-refractivity contribution is 6.39. The first-order valence-corrected chi connectivity index (χ1v) is 9.28. The van der Waals surface area contributed by atoms with Crippen molar-refractivity contribution in [1.82, 2.24) is 5.43 Å². The van der Waals surface area contributed by atoms with E-state index in [1.165, 1.54) is 24.6 Å². The molecular formula is C22H19N3O6. The lowest BCUT2D eigenvalue weighted by atomic mass is 10.2. The zero-order valence-corrected chi connectivity index (χ0v) is 16.5. The van der Waals surface area contributed by atoms with Gasteiger partial charge in [0, 0.05) is 0 Å². The molecular weight excluding hydrogens is 402 g/mol. The molecule has 0 aliphatic rings. The molecule has 0 saturated carbocycles. The molecule has 0 aliphatic carbocycles. The number of benzene rings is 2. The number of amides is 2. The van der Waals surface area contributed by atoms with E-state index in [0.717, 1.165) is 0 Å². The molecule has 0 aliphatic heterocycles. The minimum atomic E-state index is -0.956. The first kappa shape index (κ1) is 21.3. The quantitative estimate of drug-likeness (QED) is 0.199. The minimum absolute atomic E-state index is 0.0725. The van der Waals surface area contributed by atoms with Gasteiger partial charge in [-0.2, -0.15) is 5.10 Å². The van der Waals surface area contributed by atoms with Gasteiger partial charge in [-0.15, -0.1) is 0 Å². The second kappa shape index (κ2) is 10.4. The summed E-state index contributed by atoms with van der Waals surface area (Å²) in [4.78, 5) is 36.0. The summed E-state index contributed by atoms with van der Waals surface area (Å²) in [6.45, 7) is 2.23. The van der Waals surface area contributed by atoms with Crippen LogP contribution in [0.3, 0.4) is 0 Å². The van der Waals surface area contributed by atoms with Crippen LogP contribution in [0.4, 0.5) is 5.69 Å². The summed E-state index contributed by atoms with van der Waals surface area (Å²) in [5.41, 5.74) is 3.05. The number of esters is 1. The van der Waals surface area contributed by atoms with Crippen LogP contribution in [0, 0.1) is 0 Å². The molecule has 3 rings (SSSR count). The summed E-state index contributed by atoms with van der Waals surface area (Å²) in [6.07, 6.45) is 2.68. The topological polar surface area (TPSA) is 119 Å². The van der Waals surface area contributed by atoms with Crippen LogP contribution in [0.5, 0.6) is 11.5 Å². The van der Waals surface area contributed by atoms with E-state index in [4.69, 9.17) is 13.9 Å². The number of rotatable bonds is 7. The number of carbonyl (C=O) groups is 3. The Hall–Kier alpha value is -4.40. The van der Waals surface area contributed by atoms with Crippen molar-refractivity contribution in [3.05, 3.63) is 78.3 Å². The summed E-state index contributed by atoms with van der Waals surface area (Å²) in [5.74, 6) is -1.70. The molecule has 0 fully saturated rings. The Morgan fingerprint density at radius 2 is 1.87 bits per heavy atom. The van der Waals surface area contributed by atoms with Gasteiger partial charge in [0.2, 0.25) is 5.76 Å². The molecule has 2 amide bonds. The average Bonchev–Trinajstić information content (AvgIpc) is 3.31. The monoisotopic (exact) mass is 421 g/mol. The normalized spacial score (nSPS) is 10.5. The number of para-hydroxylation sites is 2. The number of ether oxygens (including phenoxy) is 2. The maximum atomic E-state index is 12.1. The highest BCUT2D eigenvalue weighted by Crippen LogP contribution is 2.23. The Labute approximate surface area is 177 Å². The van der Waals surface area contributed by atoms with E-state index in [1.54, 1.807) is 48.5 Å². The van der Waals surface area contributed by atoms with Gasteiger partial charge in [0.1, 0.15) is 11.5 Å². The Balaban J connectivity index is 1.56. The molecule has 2 N–H and O–H groups in total. The number of anilines is 1. The average molecular weight is 421 g/mol. The van der Waals surface area contributed by atoms with Gasteiger partial charge in [0.15, 0.2) is 0 Å². The highest BCUT2D eigenvalue weighted by Gasteiger charge is 2.15. The standard InChI is InChI=1S/C22H19N3O6/c1-2-29-18-10-4-3-9-17(18)24-20(26)21(27)25-23-14-15-7-5-8-16(13-15)31-22(28)19-11-6-12-30-19/h3-14H,2H2,1H3,(H,24,26)(H,25,27)/b23-14+. The van der Waals surface area contributed by atoms with E-state index in [9.17, 15) is 14.4 Å². The summed E-state index contributed by atoms with van der Waals surface area (Å²) in [7, 11) is 0.